The number of para-hydroxylation sites is 1. The Morgan fingerprint density at radius 2 is 1.81 bits per heavy atom. The van der Waals surface area contributed by atoms with Gasteiger partial charge < -0.3 is 4.57 Å². The van der Waals surface area contributed by atoms with Gasteiger partial charge in [-0.05, 0) is 30.3 Å². The van der Waals surface area contributed by atoms with Gasteiger partial charge in [0, 0.05) is 23.0 Å². The molecular weight excluding hydrogens is 481 g/mol. The molecule has 3 aromatic rings. The molecule has 2 N–H and O–H groups in total. The van der Waals surface area contributed by atoms with Gasteiger partial charge in [0.1, 0.15) is 0 Å². The van der Waals surface area contributed by atoms with Crippen LogP contribution >= 0.6 is 51.5 Å². The molecule has 0 spiro atoms. The number of hydrogen-bond acceptors (Lipinski definition) is 4. The van der Waals surface area contributed by atoms with Crippen molar-refractivity contribution in [2.24, 2.45) is 17.2 Å². The number of hydrogen-bond donors (Lipinski definition) is 1. The Hall–Kier alpha value is -1.16. The van der Waals surface area contributed by atoms with Gasteiger partial charge in [-0.25, -0.2) is 18.5 Å². The van der Waals surface area contributed by atoms with E-state index in [9.17, 15) is 8.42 Å². The molecular formula is C16H14BrCl2N3O2S2. The molecule has 0 bridgehead atoms. The van der Waals surface area contributed by atoms with Crippen LogP contribution < -0.4 is 9.94 Å². The maximum absolute atomic E-state index is 11.6. The zero-order valence-corrected chi connectivity index (χ0v) is 18.2. The van der Waals surface area contributed by atoms with E-state index in [2.05, 4.69) is 4.99 Å². The summed E-state index contributed by atoms with van der Waals surface area (Å²) in [6.45, 7) is 0. The highest BCUT2D eigenvalue weighted by molar-refractivity contribution is 8.93. The van der Waals surface area contributed by atoms with E-state index in [1.165, 1.54) is 29.5 Å². The number of halogens is 3. The lowest BCUT2D eigenvalue weighted by molar-refractivity contribution is 0.598. The van der Waals surface area contributed by atoms with Gasteiger partial charge in [0.15, 0.2) is 4.80 Å². The van der Waals surface area contributed by atoms with E-state index >= 15 is 0 Å². The van der Waals surface area contributed by atoms with Crippen LogP contribution in [0.2, 0.25) is 10.0 Å². The predicted octanol–water partition coefficient (Wildman–Crippen LogP) is 4.52. The first-order valence-electron chi connectivity index (χ1n) is 7.04. The monoisotopic (exact) mass is 493 g/mol. The van der Waals surface area contributed by atoms with Gasteiger partial charge in [0.2, 0.25) is 10.0 Å². The SMILES string of the molecule is Br.Cn1c(-c2cc(S(N)(=O)=O)ccc2Cl)cs/c1=N/c1ccccc1Cl. The van der Waals surface area contributed by atoms with Crippen LogP contribution in [0, 0.1) is 0 Å². The summed E-state index contributed by atoms with van der Waals surface area (Å²) >= 11 is 13.8. The van der Waals surface area contributed by atoms with Gasteiger partial charge in [0.05, 0.1) is 21.3 Å². The fraction of sp³-hybridized carbons (Fsp3) is 0.0625. The van der Waals surface area contributed by atoms with Crippen LogP contribution in [0.3, 0.4) is 0 Å². The van der Waals surface area contributed by atoms with Crippen molar-refractivity contribution in [3.8, 4) is 11.3 Å². The van der Waals surface area contributed by atoms with Crippen LogP contribution in [0.15, 0.2) is 57.7 Å². The molecule has 1 aromatic heterocycles. The first-order valence-corrected chi connectivity index (χ1v) is 10.2. The van der Waals surface area contributed by atoms with E-state index in [0.29, 0.717) is 26.1 Å². The Kier molecular flexibility index (Phi) is 6.70. The quantitative estimate of drug-likeness (QED) is 0.581. The highest BCUT2D eigenvalue weighted by atomic mass is 79.9. The first-order chi connectivity index (χ1) is 11.8. The first kappa shape index (κ1) is 21.1. The summed E-state index contributed by atoms with van der Waals surface area (Å²) in [5.41, 5.74) is 1.94. The third kappa shape index (κ3) is 4.39. The fourth-order valence-electron chi connectivity index (χ4n) is 2.24. The van der Waals surface area contributed by atoms with Gasteiger partial charge in [-0.2, -0.15) is 0 Å². The van der Waals surface area contributed by atoms with Crippen LogP contribution in [0.25, 0.3) is 11.3 Å². The van der Waals surface area contributed by atoms with Crippen LogP contribution in [-0.2, 0) is 17.1 Å². The van der Waals surface area contributed by atoms with Crippen molar-refractivity contribution >= 4 is 67.2 Å². The smallest absolute Gasteiger partial charge is 0.238 e. The maximum Gasteiger partial charge on any atom is 0.238 e. The molecule has 0 aliphatic rings. The molecule has 5 nitrogen and oxygen atoms in total. The summed E-state index contributed by atoms with van der Waals surface area (Å²) in [4.78, 5) is 5.25. The van der Waals surface area contributed by atoms with Crippen molar-refractivity contribution in [1.82, 2.24) is 4.57 Å². The number of benzene rings is 2. The average Bonchev–Trinajstić information content (AvgIpc) is 2.90. The molecule has 0 atom stereocenters. The number of nitrogens with two attached hydrogens (primary N) is 1. The minimum absolute atomic E-state index is 0. The normalized spacial score (nSPS) is 12.1. The molecule has 1 heterocycles. The summed E-state index contributed by atoms with van der Waals surface area (Å²) in [7, 11) is -1.99. The van der Waals surface area contributed by atoms with Crippen molar-refractivity contribution < 1.29 is 8.42 Å². The zero-order valence-electron chi connectivity index (χ0n) is 13.4. The summed E-state index contributed by atoms with van der Waals surface area (Å²) in [6.07, 6.45) is 0. The number of primary sulfonamides is 1. The van der Waals surface area contributed by atoms with Crippen molar-refractivity contribution in [2.45, 2.75) is 4.90 Å². The van der Waals surface area contributed by atoms with E-state index in [1.54, 1.807) is 6.07 Å². The fourth-order valence-corrected chi connectivity index (χ4v) is 4.08. The number of aromatic nitrogens is 1. The van der Waals surface area contributed by atoms with Gasteiger partial charge >= 0.3 is 0 Å². The lowest BCUT2D eigenvalue weighted by Crippen LogP contribution is -2.13. The Balaban J connectivity index is 0.00000243. The maximum atomic E-state index is 11.6. The van der Waals surface area contributed by atoms with Gasteiger partial charge in [0.25, 0.3) is 0 Å². The van der Waals surface area contributed by atoms with Crippen LogP contribution in [0.1, 0.15) is 0 Å². The van der Waals surface area contributed by atoms with Crippen LogP contribution in [0.4, 0.5) is 5.69 Å². The molecule has 10 heteroatoms. The minimum atomic E-state index is -3.82. The second kappa shape index (κ2) is 8.24. The Morgan fingerprint density at radius 3 is 2.46 bits per heavy atom. The molecule has 0 aliphatic heterocycles. The Bertz CT molecular complexity index is 1120. The molecule has 0 amide bonds. The molecule has 0 saturated heterocycles. The predicted molar refractivity (Wildman–Crippen MR) is 112 cm³/mol. The van der Waals surface area contributed by atoms with Gasteiger partial charge in [-0.1, -0.05) is 35.3 Å². The van der Waals surface area contributed by atoms with Gasteiger partial charge in [-0.15, -0.1) is 28.3 Å². The molecule has 26 heavy (non-hydrogen) atoms. The van der Waals surface area contributed by atoms with E-state index < -0.39 is 10.0 Å². The summed E-state index contributed by atoms with van der Waals surface area (Å²) in [6, 6.07) is 11.6. The number of nitrogens with zero attached hydrogens (tertiary/aromatic N) is 2. The van der Waals surface area contributed by atoms with Gasteiger partial charge in [-0.3, -0.25) is 0 Å². The topological polar surface area (TPSA) is 77.5 Å². The lowest BCUT2D eigenvalue weighted by atomic mass is 10.2. The molecule has 0 radical (unpaired) electrons. The summed E-state index contributed by atoms with van der Waals surface area (Å²) < 4.78 is 25.0. The number of thiazole rings is 1. The van der Waals surface area contributed by atoms with Crippen molar-refractivity contribution in [2.75, 3.05) is 0 Å². The van der Waals surface area contributed by atoms with E-state index in [-0.39, 0.29) is 21.9 Å². The third-order valence-electron chi connectivity index (χ3n) is 3.54. The highest BCUT2D eigenvalue weighted by Gasteiger charge is 2.14. The van der Waals surface area contributed by atoms with Crippen LogP contribution in [0.5, 0.6) is 0 Å². The largest absolute Gasteiger partial charge is 0.319 e. The Labute approximate surface area is 175 Å². The lowest BCUT2D eigenvalue weighted by Gasteiger charge is -2.07. The molecule has 138 valence electrons. The van der Waals surface area contributed by atoms with E-state index in [1.807, 2.05) is 35.2 Å². The molecule has 2 aromatic carbocycles. The summed E-state index contributed by atoms with van der Waals surface area (Å²) in [5, 5.41) is 8.03. The molecule has 3 rings (SSSR count). The number of sulfonamides is 1. The third-order valence-corrected chi connectivity index (χ3v) is 6.01. The standard InChI is InChI=1S/C16H13Cl2N3O2S2.BrH/c1-21-15(11-8-10(25(19,22)23)6-7-12(11)17)9-24-16(21)20-14-5-3-2-4-13(14)18;/h2-9H,1H3,(H2,19,22,23);1H/b20-16+;. The molecule has 0 unspecified atom stereocenters. The minimum Gasteiger partial charge on any atom is -0.319 e. The van der Waals surface area contributed by atoms with Crippen molar-refractivity contribution in [3.63, 3.8) is 0 Å². The van der Waals surface area contributed by atoms with Crippen molar-refractivity contribution in [1.29, 1.82) is 0 Å². The average molecular weight is 495 g/mol. The number of rotatable bonds is 3. The second-order valence-electron chi connectivity index (χ2n) is 5.21. The molecule has 0 fully saturated rings. The second-order valence-corrected chi connectivity index (χ2v) is 8.42. The van der Waals surface area contributed by atoms with E-state index in [0.717, 1.165) is 5.69 Å². The highest BCUT2D eigenvalue weighted by Crippen LogP contribution is 2.30. The Morgan fingerprint density at radius 1 is 1.12 bits per heavy atom. The van der Waals surface area contributed by atoms with E-state index in [4.69, 9.17) is 28.3 Å². The van der Waals surface area contributed by atoms with Crippen molar-refractivity contribution in [3.05, 3.63) is 62.7 Å². The summed E-state index contributed by atoms with van der Waals surface area (Å²) in [5.74, 6) is 0. The molecule has 0 aliphatic carbocycles. The van der Waals surface area contributed by atoms with Crippen LogP contribution in [-0.4, -0.2) is 13.0 Å². The molecule has 0 saturated carbocycles. The zero-order chi connectivity index (χ0) is 18.2.